The molecule has 2 amide bonds. The molecule has 5 nitrogen and oxygen atoms in total. The lowest BCUT2D eigenvalue weighted by Crippen LogP contribution is -2.26. The zero-order valence-electron chi connectivity index (χ0n) is 13.3. The van der Waals surface area contributed by atoms with Crippen LogP contribution in [-0.4, -0.2) is 24.4 Å². The van der Waals surface area contributed by atoms with Crippen LogP contribution in [-0.2, 0) is 4.79 Å². The summed E-state index contributed by atoms with van der Waals surface area (Å²) in [7, 11) is 0. The Morgan fingerprint density at radius 1 is 1.08 bits per heavy atom. The van der Waals surface area contributed by atoms with Crippen LogP contribution in [0.2, 0.25) is 10.0 Å². The molecular weight excluding hydrogens is 361 g/mol. The molecule has 1 aliphatic rings. The minimum absolute atomic E-state index is 0.0263. The summed E-state index contributed by atoms with van der Waals surface area (Å²) in [5.74, 6) is -0.377. The van der Waals surface area contributed by atoms with Crippen LogP contribution in [0.4, 0.5) is 11.4 Å². The first kappa shape index (κ1) is 17.6. The SMILES string of the molecule is O=C(CNc1cc(Cl)ccc1Cl)Nc1cccc(C(=O)NC2CC2)c1. The van der Waals surface area contributed by atoms with Crippen molar-refractivity contribution in [1.29, 1.82) is 0 Å². The third-order valence-corrected chi connectivity index (χ3v) is 4.25. The standard InChI is InChI=1S/C18H17Cl2N3O2/c19-12-4-7-15(20)16(9-12)21-10-17(24)22-14-3-1-2-11(8-14)18(25)23-13-5-6-13/h1-4,7-9,13,21H,5-6,10H2,(H,22,24)(H,23,25). The molecule has 0 heterocycles. The lowest BCUT2D eigenvalue weighted by molar-refractivity contribution is -0.114. The third kappa shape index (κ3) is 5.11. The van der Waals surface area contributed by atoms with Crippen LogP contribution < -0.4 is 16.0 Å². The monoisotopic (exact) mass is 377 g/mol. The summed E-state index contributed by atoms with van der Waals surface area (Å²) in [6.07, 6.45) is 2.06. The normalized spacial score (nSPS) is 13.2. The fraction of sp³-hybridized carbons (Fsp3) is 0.222. The van der Waals surface area contributed by atoms with E-state index in [9.17, 15) is 9.59 Å². The van der Waals surface area contributed by atoms with Gasteiger partial charge in [-0.15, -0.1) is 0 Å². The summed E-state index contributed by atoms with van der Waals surface area (Å²) in [5, 5.41) is 9.62. The molecule has 1 saturated carbocycles. The number of anilines is 2. The molecule has 0 saturated heterocycles. The maximum Gasteiger partial charge on any atom is 0.251 e. The Labute approximate surface area is 155 Å². The molecule has 0 bridgehead atoms. The van der Waals surface area contributed by atoms with E-state index < -0.39 is 0 Å². The highest BCUT2D eigenvalue weighted by Gasteiger charge is 2.23. The Balaban J connectivity index is 1.57. The van der Waals surface area contributed by atoms with Gasteiger partial charge in [0.05, 0.1) is 17.3 Å². The minimum Gasteiger partial charge on any atom is -0.375 e. The first-order chi connectivity index (χ1) is 12.0. The van der Waals surface area contributed by atoms with Crippen LogP contribution in [0.3, 0.4) is 0 Å². The molecular formula is C18H17Cl2N3O2. The number of rotatable bonds is 6. The third-order valence-electron chi connectivity index (χ3n) is 3.69. The van der Waals surface area contributed by atoms with Crippen molar-refractivity contribution in [2.75, 3.05) is 17.2 Å². The Bertz CT molecular complexity index is 807. The molecule has 25 heavy (non-hydrogen) atoms. The van der Waals surface area contributed by atoms with Gasteiger partial charge in [-0.1, -0.05) is 29.3 Å². The highest BCUT2D eigenvalue weighted by Crippen LogP contribution is 2.25. The molecule has 2 aromatic rings. The number of carbonyl (C=O) groups is 2. The fourth-order valence-corrected chi connectivity index (χ4v) is 2.60. The predicted octanol–water partition coefficient (Wildman–Crippen LogP) is 3.94. The van der Waals surface area contributed by atoms with Crippen LogP contribution >= 0.6 is 23.2 Å². The van der Waals surface area contributed by atoms with Crippen molar-refractivity contribution >= 4 is 46.4 Å². The summed E-state index contributed by atoms with van der Waals surface area (Å²) in [6, 6.07) is 12.1. The highest BCUT2D eigenvalue weighted by molar-refractivity contribution is 6.35. The summed E-state index contributed by atoms with van der Waals surface area (Å²) in [4.78, 5) is 24.2. The number of benzene rings is 2. The maximum absolute atomic E-state index is 12.1. The van der Waals surface area contributed by atoms with Gasteiger partial charge in [0.15, 0.2) is 0 Å². The minimum atomic E-state index is -0.254. The number of nitrogens with one attached hydrogen (secondary N) is 3. The number of hydrogen-bond acceptors (Lipinski definition) is 3. The molecule has 1 aliphatic carbocycles. The Morgan fingerprint density at radius 3 is 2.64 bits per heavy atom. The lowest BCUT2D eigenvalue weighted by Gasteiger charge is -2.10. The molecule has 3 N–H and O–H groups in total. The van der Waals surface area contributed by atoms with Crippen LogP contribution in [0.15, 0.2) is 42.5 Å². The average Bonchev–Trinajstić information content (AvgIpc) is 3.40. The van der Waals surface area contributed by atoms with E-state index >= 15 is 0 Å². The Kier molecular flexibility index (Phi) is 5.46. The van der Waals surface area contributed by atoms with E-state index in [1.165, 1.54) is 0 Å². The van der Waals surface area contributed by atoms with Gasteiger partial charge in [0.25, 0.3) is 5.91 Å². The quantitative estimate of drug-likeness (QED) is 0.713. The van der Waals surface area contributed by atoms with Crippen molar-refractivity contribution in [1.82, 2.24) is 5.32 Å². The van der Waals surface area contributed by atoms with Crippen LogP contribution in [0.5, 0.6) is 0 Å². The molecule has 2 aromatic carbocycles. The van der Waals surface area contributed by atoms with Gasteiger partial charge >= 0.3 is 0 Å². The fourth-order valence-electron chi connectivity index (χ4n) is 2.25. The van der Waals surface area contributed by atoms with E-state index in [0.29, 0.717) is 27.0 Å². The zero-order valence-corrected chi connectivity index (χ0v) is 14.8. The van der Waals surface area contributed by atoms with Gasteiger partial charge in [-0.3, -0.25) is 9.59 Å². The molecule has 0 aliphatic heterocycles. The average molecular weight is 378 g/mol. The highest BCUT2D eigenvalue weighted by atomic mass is 35.5. The second-order valence-corrected chi connectivity index (χ2v) is 6.70. The van der Waals surface area contributed by atoms with Crippen LogP contribution in [0.25, 0.3) is 0 Å². The number of amides is 2. The topological polar surface area (TPSA) is 70.2 Å². The van der Waals surface area contributed by atoms with Crippen LogP contribution in [0.1, 0.15) is 23.2 Å². The molecule has 0 aromatic heterocycles. The van der Waals surface area contributed by atoms with E-state index in [1.807, 2.05) is 0 Å². The van der Waals surface area contributed by atoms with Gasteiger partial charge in [0.1, 0.15) is 0 Å². The van der Waals surface area contributed by atoms with Crippen molar-refractivity contribution in [2.24, 2.45) is 0 Å². The number of hydrogen-bond donors (Lipinski definition) is 3. The summed E-state index contributed by atoms with van der Waals surface area (Å²) in [5.41, 5.74) is 1.67. The van der Waals surface area contributed by atoms with Gasteiger partial charge in [0, 0.05) is 22.3 Å². The molecule has 0 radical (unpaired) electrons. The number of carbonyl (C=O) groups excluding carboxylic acids is 2. The number of halogens is 2. The molecule has 130 valence electrons. The molecule has 0 atom stereocenters. The smallest absolute Gasteiger partial charge is 0.251 e. The largest absolute Gasteiger partial charge is 0.375 e. The van der Waals surface area contributed by atoms with Gasteiger partial charge < -0.3 is 16.0 Å². The van der Waals surface area contributed by atoms with E-state index in [-0.39, 0.29) is 24.4 Å². The van der Waals surface area contributed by atoms with Gasteiger partial charge in [-0.25, -0.2) is 0 Å². The summed E-state index contributed by atoms with van der Waals surface area (Å²) >= 11 is 12.0. The first-order valence-electron chi connectivity index (χ1n) is 7.91. The Morgan fingerprint density at radius 2 is 1.88 bits per heavy atom. The van der Waals surface area contributed by atoms with Crippen molar-refractivity contribution in [3.05, 3.63) is 58.1 Å². The molecule has 3 rings (SSSR count). The molecule has 7 heteroatoms. The van der Waals surface area contributed by atoms with Crippen molar-refractivity contribution < 1.29 is 9.59 Å². The van der Waals surface area contributed by atoms with E-state index in [1.54, 1.807) is 42.5 Å². The lowest BCUT2D eigenvalue weighted by atomic mass is 10.2. The van der Waals surface area contributed by atoms with E-state index in [4.69, 9.17) is 23.2 Å². The summed E-state index contributed by atoms with van der Waals surface area (Å²) < 4.78 is 0. The van der Waals surface area contributed by atoms with E-state index in [2.05, 4.69) is 16.0 Å². The predicted molar refractivity (Wildman–Crippen MR) is 101 cm³/mol. The maximum atomic E-state index is 12.1. The van der Waals surface area contributed by atoms with Gasteiger partial charge in [-0.05, 0) is 49.2 Å². The van der Waals surface area contributed by atoms with Crippen LogP contribution in [0, 0.1) is 0 Å². The molecule has 0 spiro atoms. The zero-order chi connectivity index (χ0) is 17.8. The molecule has 0 unspecified atom stereocenters. The van der Waals surface area contributed by atoms with Gasteiger partial charge in [0.2, 0.25) is 5.91 Å². The second kappa shape index (κ2) is 7.76. The van der Waals surface area contributed by atoms with Gasteiger partial charge in [-0.2, -0.15) is 0 Å². The first-order valence-corrected chi connectivity index (χ1v) is 8.66. The Hall–Kier alpha value is -2.24. The summed E-state index contributed by atoms with van der Waals surface area (Å²) in [6.45, 7) is 0.0263. The van der Waals surface area contributed by atoms with Crippen molar-refractivity contribution in [3.63, 3.8) is 0 Å². The molecule has 1 fully saturated rings. The van der Waals surface area contributed by atoms with E-state index in [0.717, 1.165) is 12.8 Å². The van der Waals surface area contributed by atoms with Crippen molar-refractivity contribution in [2.45, 2.75) is 18.9 Å². The second-order valence-electron chi connectivity index (χ2n) is 5.85. The van der Waals surface area contributed by atoms with Crippen molar-refractivity contribution in [3.8, 4) is 0 Å².